The van der Waals surface area contributed by atoms with Gasteiger partial charge >= 0.3 is 0 Å². The molecule has 0 saturated carbocycles. The summed E-state index contributed by atoms with van der Waals surface area (Å²) in [4.78, 5) is 2.15. The van der Waals surface area contributed by atoms with Crippen LogP contribution in [0.25, 0.3) is 0 Å². The molecule has 1 rings (SSSR count). The van der Waals surface area contributed by atoms with Crippen LogP contribution in [-0.2, 0) is 0 Å². The molecule has 0 aliphatic carbocycles. The smallest absolute Gasteiger partial charge is 0.0399 e. The average molecular weight is 192 g/mol. The summed E-state index contributed by atoms with van der Waals surface area (Å²) in [7, 11) is 4.14. The molecule has 0 spiro atoms. The summed E-state index contributed by atoms with van der Waals surface area (Å²) in [5.74, 6) is 0.425. The van der Waals surface area contributed by atoms with Gasteiger partial charge in [-0.3, -0.25) is 0 Å². The van der Waals surface area contributed by atoms with Gasteiger partial charge in [-0.05, 0) is 36.6 Å². The van der Waals surface area contributed by atoms with E-state index in [2.05, 4.69) is 51.0 Å². The minimum absolute atomic E-state index is 0.425. The second kappa shape index (κ2) is 4.47. The Morgan fingerprint density at radius 3 is 2.50 bits per heavy atom. The summed E-state index contributed by atoms with van der Waals surface area (Å²) in [6, 6.07) is 6.39. The predicted molar refractivity (Wildman–Crippen MR) is 63.0 cm³/mol. The van der Waals surface area contributed by atoms with E-state index in [0.29, 0.717) is 12.5 Å². The fourth-order valence-corrected chi connectivity index (χ4v) is 1.81. The highest BCUT2D eigenvalue weighted by Crippen LogP contribution is 2.28. The van der Waals surface area contributed by atoms with Crippen molar-refractivity contribution in [2.45, 2.75) is 19.8 Å². The van der Waals surface area contributed by atoms with Crippen molar-refractivity contribution in [1.82, 2.24) is 0 Å². The average Bonchev–Trinajstić information content (AvgIpc) is 2.16. The Bertz CT molecular complexity index is 305. The monoisotopic (exact) mass is 192 g/mol. The summed E-state index contributed by atoms with van der Waals surface area (Å²) in [5.41, 5.74) is 9.71. The number of nitrogens with two attached hydrogens (primary N) is 1. The fraction of sp³-hybridized carbons (Fsp3) is 0.500. The largest absolute Gasteiger partial charge is 0.377 e. The number of nitrogens with zero attached hydrogens (tertiary/aromatic N) is 1. The Morgan fingerprint density at radius 2 is 2.00 bits per heavy atom. The van der Waals surface area contributed by atoms with Crippen LogP contribution in [0.4, 0.5) is 5.69 Å². The summed E-state index contributed by atoms with van der Waals surface area (Å²) >= 11 is 0. The molecule has 1 aromatic carbocycles. The highest BCUT2D eigenvalue weighted by atomic mass is 15.1. The SMILES string of the molecule is Cc1cccc(N(C)C)c1C(C)CN. The Labute approximate surface area is 86.7 Å². The van der Waals surface area contributed by atoms with Crippen LogP contribution in [0.2, 0.25) is 0 Å². The van der Waals surface area contributed by atoms with Crippen molar-refractivity contribution >= 4 is 5.69 Å². The minimum Gasteiger partial charge on any atom is -0.377 e. The van der Waals surface area contributed by atoms with Crippen molar-refractivity contribution in [1.29, 1.82) is 0 Å². The van der Waals surface area contributed by atoms with Crippen molar-refractivity contribution in [3.05, 3.63) is 29.3 Å². The van der Waals surface area contributed by atoms with Gasteiger partial charge in [0.25, 0.3) is 0 Å². The van der Waals surface area contributed by atoms with Crippen LogP contribution in [-0.4, -0.2) is 20.6 Å². The van der Waals surface area contributed by atoms with E-state index in [9.17, 15) is 0 Å². The fourth-order valence-electron chi connectivity index (χ4n) is 1.81. The molecule has 14 heavy (non-hydrogen) atoms. The Morgan fingerprint density at radius 1 is 1.36 bits per heavy atom. The van der Waals surface area contributed by atoms with Gasteiger partial charge in [-0.15, -0.1) is 0 Å². The highest BCUT2D eigenvalue weighted by Gasteiger charge is 2.12. The van der Waals surface area contributed by atoms with Gasteiger partial charge in [0, 0.05) is 19.8 Å². The standard InChI is InChI=1S/C12H20N2/c1-9-6-5-7-11(14(3)4)12(9)10(2)8-13/h5-7,10H,8,13H2,1-4H3. The van der Waals surface area contributed by atoms with E-state index < -0.39 is 0 Å². The molecule has 0 aromatic heterocycles. The molecule has 0 bridgehead atoms. The van der Waals surface area contributed by atoms with Crippen molar-refractivity contribution in [2.75, 3.05) is 25.5 Å². The van der Waals surface area contributed by atoms with Gasteiger partial charge in [0.1, 0.15) is 0 Å². The second-order valence-electron chi connectivity index (χ2n) is 4.04. The maximum atomic E-state index is 5.72. The lowest BCUT2D eigenvalue weighted by atomic mass is 9.94. The molecule has 0 radical (unpaired) electrons. The Kier molecular flexibility index (Phi) is 3.53. The van der Waals surface area contributed by atoms with Crippen LogP contribution in [0.1, 0.15) is 24.0 Å². The van der Waals surface area contributed by atoms with Crippen molar-refractivity contribution in [2.24, 2.45) is 5.73 Å². The van der Waals surface area contributed by atoms with Gasteiger partial charge in [-0.1, -0.05) is 19.1 Å². The van der Waals surface area contributed by atoms with Crippen LogP contribution >= 0.6 is 0 Å². The van der Waals surface area contributed by atoms with Crippen molar-refractivity contribution < 1.29 is 0 Å². The number of aryl methyl sites for hydroxylation is 1. The molecule has 1 unspecified atom stereocenters. The number of rotatable bonds is 3. The van der Waals surface area contributed by atoms with Crippen LogP contribution in [0, 0.1) is 6.92 Å². The van der Waals surface area contributed by atoms with Gasteiger partial charge in [-0.25, -0.2) is 0 Å². The first kappa shape index (κ1) is 11.1. The predicted octanol–water partition coefficient (Wildman–Crippen LogP) is 2.12. The van der Waals surface area contributed by atoms with E-state index in [1.165, 1.54) is 16.8 Å². The summed E-state index contributed by atoms with van der Waals surface area (Å²) in [6.07, 6.45) is 0. The molecule has 1 aromatic rings. The van der Waals surface area contributed by atoms with Crippen molar-refractivity contribution in [3.63, 3.8) is 0 Å². The van der Waals surface area contributed by atoms with Gasteiger partial charge in [0.15, 0.2) is 0 Å². The second-order valence-corrected chi connectivity index (χ2v) is 4.04. The molecule has 2 N–H and O–H groups in total. The quantitative estimate of drug-likeness (QED) is 0.795. The van der Waals surface area contributed by atoms with Crippen LogP contribution < -0.4 is 10.6 Å². The number of hydrogen-bond donors (Lipinski definition) is 1. The lowest BCUT2D eigenvalue weighted by Crippen LogP contribution is -2.17. The number of anilines is 1. The molecule has 0 aliphatic heterocycles. The maximum absolute atomic E-state index is 5.72. The third-order valence-electron chi connectivity index (χ3n) is 2.63. The highest BCUT2D eigenvalue weighted by molar-refractivity contribution is 5.57. The van der Waals surface area contributed by atoms with E-state index in [0.717, 1.165) is 0 Å². The Hall–Kier alpha value is -1.02. The van der Waals surface area contributed by atoms with Crippen LogP contribution in [0.3, 0.4) is 0 Å². The molecule has 0 amide bonds. The molecule has 0 heterocycles. The zero-order valence-electron chi connectivity index (χ0n) is 9.54. The topological polar surface area (TPSA) is 29.3 Å². The summed E-state index contributed by atoms with van der Waals surface area (Å²) in [5, 5.41) is 0. The number of hydrogen-bond acceptors (Lipinski definition) is 2. The molecule has 2 heteroatoms. The van der Waals surface area contributed by atoms with Crippen LogP contribution in [0.5, 0.6) is 0 Å². The third kappa shape index (κ3) is 2.07. The molecular weight excluding hydrogens is 172 g/mol. The van der Waals surface area contributed by atoms with Crippen molar-refractivity contribution in [3.8, 4) is 0 Å². The summed E-state index contributed by atoms with van der Waals surface area (Å²) in [6.45, 7) is 5.02. The Balaban J connectivity index is 3.22. The van der Waals surface area contributed by atoms with Gasteiger partial charge < -0.3 is 10.6 Å². The molecular formula is C12H20N2. The molecule has 0 saturated heterocycles. The summed E-state index contributed by atoms with van der Waals surface area (Å²) < 4.78 is 0. The van der Waals surface area contributed by atoms with Gasteiger partial charge in [0.2, 0.25) is 0 Å². The first-order chi connectivity index (χ1) is 6.57. The van der Waals surface area contributed by atoms with E-state index in [1.807, 2.05) is 0 Å². The lowest BCUT2D eigenvalue weighted by Gasteiger charge is -2.22. The third-order valence-corrected chi connectivity index (χ3v) is 2.63. The van der Waals surface area contributed by atoms with E-state index in [-0.39, 0.29) is 0 Å². The van der Waals surface area contributed by atoms with E-state index >= 15 is 0 Å². The van der Waals surface area contributed by atoms with Gasteiger partial charge in [0.05, 0.1) is 0 Å². The lowest BCUT2D eigenvalue weighted by molar-refractivity contribution is 0.765. The molecule has 2 nitrogen and oxygen atoms in total. The van der Waals surface area contributed by atoms with Gasteiger partial charge in [-0.2, -0.15) is 0 Å². The first-order valence-electron chi connectivity index (χ1n) is 5.04. The maximum Gasteiger partial charge on any atom is 0.0399 e. The zero-order chi connectivity index (χ0) is 10.7. The minimum atomic E-state index is 0.425. The van der Waals surface area contributed by atoms with E-state index in [4.69, 9.17) is 5.73 Å². The normalized spacial score (nSPS) is 12.6. The molecule has 0 aliphatic rings. The zero-order valence-corrected chi connectivity index (χ0v) is 9.54. The first-order valence-corrected chi connectivity index (χ1v) is 5.04. The van der Waals surface area contributed by atoms with Crippen LogP contribution in [0.15, 0.2) is 18.2 Å². The molecule has 1 atom stereocenters. The van der Waals surface area contributed by atoms with E-state index in [1.54, 1.807) is 0 Å². The molecule has 78 valence electrons. The molecule has 0 fully saturated rings. The number of benzene rings is 1.